The number of hydrogen-bond acceptors (Lipinski definition) is 5. The fourth-order valence-electron chi connectivity index (χ4n) is 2.63. The molecule has 0 saturated carbocycles. The van der Waals surface area contributed by atoms with Crippen molar-refractivity contribution in [1.29, 1.82) is 0 Å². The Labute approximate surface area is 161 Å². The van der Waals surface area contributed by atoms with E-state index in [0.29, 0.717) is 20.5 Å². The first-order valence-electron chi connectivity index (χ1n) is 7.74. The highest BCUT2D eigenvalue weighted by atomic mass is 32.2. The van der Waals surface area contributed by atoms with Crippen LogP contribution in [0.5, 0.6) is 5.75 Å². The van der Waals surface area contributed by atoms with Gasteiger partial charge in [0.2, 0.25) is 0 Å². The molecule has 1 fully saturated rings. The van der Waals surface area contributed by atoms with Crippen LogP contribution in [0.15, 0.2) is 52.8 Å². The molecule has 0 radical (unpaired) electrons. The Balaban J connectivity index is 2.18. The Morgan fingerprint density at radius 1 is 1.32 bits per heavy atom. The Hall–Kier alpha value is -1.76. The van der Waals surface area contributed by atoms with Crippen molar-refractivity contribution in [3.05, 3.63) is 53.4 Å². The summed E-state index contributed by atoms with van der Waals surface area (Å²) in [5.41, 5.74) is 3.07. The first-order valence-corrected chi connectivity index (χ1v) is 9.95. The van der Waals surface area contributed by atoms with E-state index in [1.807, 2.05) is 12.1 Å². The van der Waals surface area contributed by atoms with Crippen LogP contribution < -0.4 is 4.90 Å². The molecule has 3 nitrogen and oxygen atoms in total. The fraction of sp³-hybridized carbons (Fsp3) is 0.158. The average Bonchev–Trinajstić information content (AvgIpc) is 2.83. The van der Waals surface area contributed by atoms with Crippen molar-refractivity contribution in [2.24, 2.45) is 0 Å². The summed E-state index contributed by atoms with van der Waals surface area (Å²) in [5.74, 6) is 0.956. The summed E-state index contributed by atoms with van der Waals surface area (Å²) in [4.78, 5) is 15.6. The average molecular weight is 388 g/mol. The highest BCUT2D eigenvalue weighted by Crippen LogP contribution is 2.42. The van der Waals surface area contributed by atoms with Crippen LogP contribution in [0.4, 0.5) is 5.69 Å². The largest absolute Gasteiger partial charge is 0.508 e. The molecule has 1 heterocycles. The van der Waals surface area contributed by atoms with E-state index in [1.165, 1.54) is 16.7 Å². The lowest BCUT2D eigenvalue weighted by Gasteiger charge is -2.20. The van der Waals surface area contributed by atoms with Gasteiger partial charge in [0, 0.05) is 10.5 Å². The molecule has 128 valence electrons. The number of aromatic hydroxyl groups is 1. The summed E-state index contributed by atoms with van der Waals surface area (Å²) in [6.07, 6.45) is 0. The summed E-state index contributed by atoms with van der Waals surface area (Å²) in [6.45, 7) is 7.68. The quantitative estimate of drug-likeness (QED) is 0.435. The van der Waals surface area contributed by atoms with Gasteiger partial charge >= 0.3 is 0 Å². The van der Waals surface area contributed by atoms with Crippen LogP contribution in [0.3, 0.4) is 0 Å². The van der Waals surface area contributed by atoms with Crippen molar-refractivity contribution < 1.29 is 9.90 Å². The minimum atomic E-state index is -0.208. The molecule has 1 amide bonds. The van der Waals surface area contributed by atoms with Crippen molar-refractivity contribution in [3.63, 3.8) is 0 Å². The first-order chi connectivity index (χ1) is 11.9. The van der Waals surface area contributed by atoms with Crippen molar-refractivity contribution in [1.82, 2.24) is 0 Å². The molecule has 1 aliphatic heterocycles. The number of amides is 1. The lowest BCUT2D eigenvalue weighted by Crippen LogP contribution is -2.28. The maximum Gasteiger partial charge on any atom is 0.270 e. The van der Waals surface area contributed by atoms with Crippen LogP contribution >= 0.6 is 35.7 Å². The van der Waals surface area contributed by atoms with E-state index in [4.69, 9.17) is 12.2 Å². The van der Waals surface area contributed by atoms with Gasteiger partial charge in [0.25, 0.3) is 5.91 Å². The van der Waals surface area contributed by atoms with Gasteiger partial charge in [-0.2, -0.15) is 0 Å². The van der Waals surface area contributed by atoms with Gasteiger partial charge in [0.05, 0.1) is 10.6 Å². The number of hydrogen-bond donors (Lipinski definition) is 1. The van der Waals surface area contributed by atoms with E-state index in [0.717, 1.165) is 21.8 Å². The number of aryl methyl sites for hydroxylation is 1. The highest BCUT2D eigenvalue weighted by molar-refractivity contribution is 8.27. The molecule has 0 unspecified atom stereocenters. The molecule has 0 aromatic heterocycles. The molecule has 3 rings (SSSR count). The smallest absolute Gasteiger partial charge is 0.270 e. The normalized spacial score (nSPS) is 14.5. The van der Waals surface area contributed by atoms with Crippen LogP contribution in [0.1, 0.15) is 12.5 Å². The SMILES string of the molecule is C=C1SC(=S)N(c2cc(C)c(O)cc2-c2cccc(SCC)c2)C1=O. The highest BCUT2D eigenvalue weighted by Gasteiger charge is 2.33. The third-order valence-electron chi connectivity index (χ3n) is 3.85. The molecule has 6 heteroatoms. The van der Waals surface area contributed by atoms with Gasteiger partial charge in [-0.05, 0) is 48.1 Å². The van der Waals surface area contributed by atoms with Crippen LogP contribution in [0, 0.1) is 6.92 Å². The monoisotopic (exact) mass is 387 g/mol. The number of carbonyl (C=O) groups is 1. The molecular weight excluding hydrogens is 370 g/mol. The molecule has 25 heavy (non-hydrogen) atoms. The predicted octanol–water partition coefficient (Wildman–Crippen LogP) is 5.36. The lowest BCUT2D eigenvalue weighted by atomic mass is 10.00. The summed E-state index contributed by atoms with van der Waals surface area (Å²) in [5, 5.41) is 10.2. The minimum absolute atomic E-state index is 0.191. The van der Waals surface area contributed by atoms with Crippen LogP contribution in [-0.2, 0) is 4.79 Å². The number of anilines is 1. The number of benzene rings is 2. The number of nitrogens with zero attached hydrogens (tertiary/aromatic N) is 1. The summed E-state index contributed by atoms with van der Waals surface area (Å²) >= 11 is 8.32. The molecular formula is C19H17NO2S3. The Morgan fingerprint density at radius 3 is 2.72 bits per heavy atom. The standard InChI is InChI=1S/C19H17NO2S3/c1-4-24-14-7-5-6-13(9-14)15-10-17(21)11(2)8-16(15)20-18(22)12(3)25-19(20)23/h5-10,21H,3-4H2,1-2H3. The number of thiocarbonyl (C=S) groups is 1. The van der Waals surface area contributed by atoms with E-state index in [2.05, 4.69) is 25.6 Å². The Bertz CT molecular complexity index is 892. The van der Waals surface area contributed by atoms with Gasteiger partial charge in [-0.1, -0.05) is 49.6 Å². The second-order valence-corrected chi connectivity index (χ2v) is 8.61. The third-order valence-corrected chi connectivity index (χ3v) is 5.93. The molecule has 1 N–H and O–H groups in total. The van der Waals surface area contributed by atoms with E-state index in [1.54, 1.807) is 30.8 Å². The van der Waals surface area contributed by atoms with E-state index >= 15 is 0 Å². The van der Waals surface area contributed by atoms with Gasteiger partial charge in [0.1, 0.15) is 5.75 Å². The fourth-order valence-corrected chi connectivity index (χ4v) is 4.49. The zero-order chi connectivity index (χ0) is 18.1. The van der Waals surface area contributed by atoms with Gasteiger partial charge in [0.15, 0.2) is 4.32 Å². The zero-order valence-corrected chi connectivity index (χ0v) is 16.4. The third kappa shape index (κ3) is 3.47. The molecule has 1 saturated heterocycles. The van der Waals surface area contributed by atoms with Crippen molar-refractivity contribution in [3.8, 4) is 16.9 Å². The summed E-state index contributed by atoms with van der Waals surface area (Å²) in [6, 6.07) is 11.6. The molecule has 2 aromatic rings. The second kappa shape index (κ2) is 7.23. The lowest BCUT2D eigenvalue weighted by molar-refractivity contribution is -0.113. The molecule has 0 atom stereocenters. The van der Waals surface area contributed by atoms with Gasteiger partial charge in [-0.15, -0.1) is 11.8 Å². The molecule has 1 aliphatic rings. The zero-order valence-electron chi connectivity index (χ0n) is 13.9. The maximum absolute atomic E-state index is 12.5. The van der Waals surface area contributed by atoms with Crippen LogP contribution in [0.25, 0.3) is 11.1 Å². The number of rotatable bonds is 4. The maximum atomic E-state index is 12.5. The second-order valence-electron chi connectivity index (χ2n) is 5.55. The number of phenolic OH excluding ortho intramolecular Hbond substituents is 1. The number of thioether (sulfide) groups is 2. The van der Waals surface area contributed by atoms with Gasteiger partial charge in [-0.3, -0.25) is 9.69 Å². The topological polar surface area (TPSA) is 40.5 Å². The van der Waals surface area contributed by atoms with Gasteiger partial charge < -0.3 is 5.11 Å². The summed E-state index contributed by atoms with van der Waals surface area (Å²) < 4.78 is 0.459. The van der Waals surface area contributed by atoms with Crippen molar-refractivity contribution in [2.75, 3.05) is 10.7 Å². The van der Waals surface area contributed by atoms with Crippen LogP contribution in [0.2, 0.25) is 0 Å². The van der Waals surface area contributed by atoms with E-state index in [-0.39, 0.29) is 11.7 Å². The summed E-state index contributed by atoms with van der Waals surface area (Å²) in [7, 11) is 0. The molecule has 0 aliphatic carbocycles. The number of carbonyl (C=O) groups excluding carboxylic acids is 1. The minimum Gasteiger partial charge on any atom is -0.508 e. The van der Waals surface area contributed by atoms with E-state index in [9.17, 15) is 9.90 Å². The molecule has 0 bridgehead atoms. The van der Waals surface area contributed by atoms with E-state index < -0.39 is 0 Å². The molecule has 2 aromatic carbocycles. The predicted molar refractivity (Wildman–Crippen MR) is 111 cm³/mol. The van der Waals surface area contributed by atoms with Crippen molar-refractivity contribution >= 4 is 51.7 Å². The number of phenols is 1. The molecule has 0 spiro atoms. The van der Waals surface area contributed by atoms with Gasteiger partial charge in [-0.25, -0.2) is 0 Å². The van der Waals surface area contributed by atoms with Crippen molar-refractivity contribution in [2.45, 2.75) is 18.7 Å². The Kier molecular flexibility index (Phi) is 5.22. The Morgan fingerprint density at radius 2 is 2.08 bits per heavy atom. The first kappa shape index (κ1) is 18.0. The van der Waals surface area contributed by atoms with Crippen LogP contribution in [-0.4, -0.2) is 21.1 Å².